The molecule has 2 aliphatic carbocycles. The second-order valence-corrected chi connectivity index (χ2v) is 10.4. The number of likely N-dealkylation sites (tertiary alicyclic amines) is 1. The number of pyridine rings is 1. The van der Waals surface area contributed by atoms with Crippen molar-refractivity contribution in [1.82, 2.24) is 14.6 Å². The Balaban J connectivity index is 1.22. The molecule has 0 saturated carbocycles. The summed E-state index contributed by atoms with van der Waals surface area (Å²) < 4.78 is 27.6. The molecule has 2 aromatic rings. The summed E-state index contributed by atoms with van der Waals surface area (Å²) in [5.41, 5.74) is 6.75. The lowest BCUT2D eigenvalue weighted by Gasteiger charge is -2.38. The SMILES string of the molecule is O=C(Nc1c2c(cc3c1CCC3)CCC2)NS(=O)(=O)C1CN(Cc2ccccn2)C1. The average Bonchev–Trinajstić information content (AvgIpc) is 3.33. The molecule has 2 amide bonds. The number of rotatable bonds is 5. The zero-order valence-electron chi connectivity index (χ0n) is 16.9. The Kier molecular flexibility index (Phi) is 4.99. The molecule has 1 aromatic carbocycles. The largest absolute Gasteiger partial charge is 0.332 e. The minimum absolute atomic E-state index is 0.398. The Bertz CT molecular complexity index is 1050. The summed E-state index contributed by atoms with van der Waals surface area (Å²) in [6, 6.07) is 7.33. The first-order valence-corrected chi connectivity index (χ1v) is 12.2. The van der Waals surface area contributed by atoms with Crippen molar-refractivity contribution in [3.8, 4) is 0 Å². The fourth-order valence-electron chi connectivity index (χ4n) is 4.89. The summed E-state index contributed by atoms with van der Waals surface area (Å²) in [5.74, 6) is 0. The van der Waals surface area contributed by atoms with E-state index in [4.69, 9.17) is 0 Å². The maximum atomic E-state index is 12.7. The standard InChI is InChI=1S/C22H26N4O3S/c27-22(24-21-19-8-3-5-15(19)11-16-6-4-9-20(16)21)25-30(28,29)18-13-26(14-18)12-17-7-1-2-10-23-17/h1-2,7,10-11,18H,3-6,8-9,12-14H2,(H2,24,25,27). The first-order chi connectivity index (χ1) is 14.5. The highest BCUT2D eigenvalue weighted by Crippen LogP contribution is 2.38. The molecule has 1 fully saturated rings. The maximum absolute atomic E-state index is 12.7. The van der Waals surface area contributed by atoms with E-state index >= 15 is 0 Å². The predicted octanol–water partition coefficient (Wildman–Crippen LogP) is 2.39. The third-order valence-corrected chi connectivity index (χ3v) is 8.07. The highest BCUT2D eigenvalue weighted by Gasteiger charge is 2.38. The normalized spacial score (nSPS) is 18.5. The van der Waals surface area contributed by atoms with Crippen LogP contribution < -0.4 is 10.0 Å². The number of carbonyl (C=O) groups is 1. The van der Waals surface area contributed by atoms with Crippen molar-refractivity contribution in [1.29, 1.82) is 0 Å². The van der Waals surface area contributed by atoms with Crippen LogP contribution in [-0.4, -0.2) is 42.7 Å². The molecule has 2 heterocycles. The third kappa shape index (κ3) is 3.70. The number of anilines is 1. The van der Waals surface area contributed by atoms with E-state index in [-0.39, 0.29) is 0 Å². The van der Waals surface area contributed by atoms with Gasteiger partial charge in [0.15, 0.2) is 0 Å². The lowest BCUT2D eigenvalue weighted by Crippen LogP contribution is -2.58. The zero-order valence-corrected chi connectivity index (χ0v) is 17.7. The van der Waals surface area contributed by atoms with Crippen LogP contribution in [0.2, 0.25) is 0 Å². The van der Waals surface area contributed by atoms with Gasteiger partial charge in [-0.2, -0.15) is 0 Å². The van der Waals surface area contributed by atoms with E-state index in [2.05, 4.69) is 21.1 Å². The fourth-order valence-corrected chi connectivity index (χ4v) is 6.18. The predicted molar refractivity (Wildman–Crippen MR) is 115 cm³/mol. The topological polar surface area (TPSA) is 91.4 Å². The van der Waals surface area contributed by atoms with Gasteiger partial charge in [-0.1, -0.05) is 12.1 Å². The van der Waals surface area contributed by atoms with Crippen molar-refractivity contribution in [2.24, 2.45) is 0 Å². The molecular formula is C22H26N4O3S. The zero-order chi connectivity index (χ0) is 20.7. The second kappa shape index (κ2) is 7.67. The summed E-state index contributed by atoms with van der Waals surface area (Å²) in [7, 11) is -3.72. The van der Waals surface area contributed by atoms with Crippen LogP contribution in [0.5, 0.6) is 0 Å². The minimum Gasteiger partial charge on any atom is -0.307 e. The monoisotopic (exact) mass is 426 g/mol. The molecule has 7 nitrogen and oxygen atoms in total. The summed E-state index contributed by atoms with van der Waals surface area (Å²) >= 11 is 0. The van der Waals surface area contributed by atoms with Gasteiger partial charge in [-0.05, 0) is 72.9 Å². The molecule has 0 unspecified atom stereocenters. The Labute approximate surface area is 176 Å². The molecule has 1 saturated heterocycles. The van der Waals surface area contributed by atoms with Gasteiger partial charge in [0.25, 0.3) is 0 Å². The number of hydrogen-bond acceptors (Lipinski definition) is 5. The van der Waals surface area contributed by atoms with E-state index in [0.717, 1.165) is 49.9 Å². The number of nitrogens with one attached hydrogen (secondary N) is 2. The van der Waals surface area contributed by atoms with Gasteiger partial charge in [0.2, 0.25) is 10.0 Å². The van der Waals surface area contributed by atoms with Gasteiger partial charge in [-0.25, -0.2) is 17.9 Å². The molecule has 3 aliphatic rings. The average molecular weight is 427 g/mol. The molecule has 1 aromatic heterocycles. The van der Waals surface area contributed by atoms with Crippen molar-refractivity contribution in [3.05, 3.63) is 58.4 Å². The molecule has 0 radical (unpaired) electrons. The number of nitrogens with zero attached hydrogens (tertiary/aromatic N) is 2. The van der Waals surface area contributed by atoms with Crippen LogP contribution in [0.3, 0.4) is 0 Å². The van der Waals surface area contributed by atoms with Crippen LogP contribution in [0.1, 0.15) is 40.8 Å². The van der Waals surface area contributed by atoms with Crippen LogP contribution >= 0.6 is 0 Å². The van der Waals surface area contributed by atoms with Crippen LogP contribution in [0, 0.1) is 0 Å². The van der Waals surface area contributed by atoms with Gasteiger partial charge in [0.1, 0.15) is 5.25 Å². The van der Waals surface area contributed by atoms with Gasteiger partial charge in [0.05, 0.1) is 5.69 Å². The van der Waals surface area contributed by atoms with E-state index in [1.165, 1.54) is 22.3 Å². The van der Waals surface area contributed by atoms with E-state index < -0.39 is 21.3 Å². The van der Waals surface area contributed by atoms with Crippen molar-refractivity contribution >= 4 is 21.7 Å². The van der Waals surface area contributed by atoms with Crippen LogP contribution in [-0.2, 0) is 42.3 Å². The molecule has 1 aliphatic heterocycles. The lowest BCUT2D eigenvalue weighted by atomic mass is 9.99. The number of fused-ring (bicyclic) bond motifs is 2. The number of amides is 2. The first-order valence-electron chi connectivity index (χ1n) is 10.6. The summed E-state index contributed by atoms with van der Waals surface area (Å²) in [4.78, 5) is 18.9. The molecule has 158 valence electrons. The first kappa shape index (κ1) is 19.5. The Morgan fingerprint density at radius 1 is 1.07 bits per heavy atom. The van der Waals surface area contributed by atoms with Gasteiger partial charge >= 0.3 is 6.03 Å². The minimum atomic E-state index is -3.72. The van der Waals surface area contributed by atoms with Crippen LogP contribution in [0.25, 0.3) is 0 Å². The van der Waals surface area contributed by atoms with Gasteiger partial charge in [-0.15, -0.1) is 0 Å². The smallest absolute Gasteiger partial charge is 0.307 e. The Morgan fingerprint density at radius 2 is 1.77 bits per heavy atom. The van der Waals surface area contributed by atoms with Crippen molar-refractivity contribution in [2.75, 3.05) is 18.4 Å². The number of benzene rings is 1. The van der Waals surface area contributed by atoms with Crippen LogP contribution in [0.4, 0.5) is 10.5 Å². The molecule has 2 N–H and O–H groups in total. The van der Waals surface area contributed by atoms with Gasteiger partial charge < -0.3 is 5.32 Å². The molecule has 0 spiro atoms. The fraction of sp³-hybridized carbons (Fsp3) is 0.455. The highest BCUT2D eigenvalue weighted by atomic mass is 32.2. The van der Waals surface area contributed by atoms with Gasteiger partial charge in [-0.3, -0.25) is 9.88 Å². The number of aromatic nitrogens is 1. The Hall–Kier alpha value is -2.45. The quantitative estimate of drug-likeness (QED) is 0.766. The molecule has 30 heavy (non-hydrogen) atoms. The third-order valence-electron chi connectivity index (χ3n) is 6.42. The summed E-state index contributed by atoms with van der Waals surface area (Å²) in [5, 5.41) is 2.32. The van der Waals surface area contributed by atoms with Crippen molar-refractivity contribution in [3.63, 3.8) is 0 Å². The highest BCUT2D eigenvalue weighted by molar-refractivity contribution is 7.90. The van der Waals surface area contributed by atoms with Crippen molar-refractivity contribution < 1.29 is 13.2 Å². The molecule has 5 rings (SSSR count). The maximum Gasteiger partial charge on any atom is 0.332 e. The van der Waals surface area contributed by atoms with E-state index in [1.54, 1.807) is 6.20 Å². The lowest BCUT2D eigenvalue weighted by molar-refractivity contribution is 0.173. The molecule has 0 atom stereocenters. The molecule has 8 heteroatoms. The molecule has 0 bridgehead atoms. The number of hydrogen-bond donors (Lipinski definition) is 2. The second-order valence-electron chi connectivity index (χ2n) is 8.47. The Morgan fingerprint density at radius 3 is 2.40 bits per heavy atom. The van der Waals surface area contributed by atoms with Gasteiger partial charge in [0, 0.05) is 31.5 Å². The number of aryl methyl sites for hydroxylation is 2. The summed E-state index contributed by atoms with van der Waals surface area (Å²) in [6.07, 6.45) is 7.84. The van der Waals surface area contributed by atoms with Crippen LogP contribution in [0.15, 0.2) is 30.5 Å². The van der Waals surface area contributed by atoms with E-state index in [9.17, 15) is 13.2 Å². The van der Waals surface area contributed by atoms with E-state index in [1.807, 2.05) is 23.1 Å². The van der Waals surface area contributed by atoms with E-state index in [0.29, 0.717) is 19.6 Å². The number of carbonyl (C=O) groups excluding carboxylic acids is 1. The number of urea groups is 1. The van der Waals surface area contributed by atoms with Crippen molar-refractivity contribution in [2.45, 2.75) is 50.3 Å². The number of sulfonamides is 1. The summed E-state index contributed by atoms with van der Waals surface area (Å²) in [6.45, 7) is 1.41. The molecular weight excluding hydrogens is 400 g/mol.